The van der Waals surface area contributed by atoms with Crippen molar-refractivity contribution in [1.29, 1.82) is 0 Å². The molecule has 1 aromatic carbocycles. The average Bonchev–Trinajstić information content (AvgIpc) is 2.69. The van der Waals surface area contributed by atoms with Gasteiger partial charge in [0, 0.05) is 43.5 Å². The molecule has 2 aliphatic rings. The third-order valence-corrected chi connectivity index (χ3v) is 5.92. The molecule has 1 saturated carbocycles. The fourth-order valence-electron chi connectivity index (χ4n) is 3.72. The van der Waals surface area contributed by atoms with Crippen LogP contribution in [0.2, 0.25) is 0 Å². The minimum Gasteiger partial charge on any atom is -0.335 e. The zero-order chi connectivity index (χ0) is 18.4. The maximum Gasteiger partial charge on any atom is 0.317 e. The van der Waals surface area contributed by atoms with E-state index in [1.807, 2.05) is 34.1 Å². The molecule has 6 heteroatoms. The normalized spacial score (nSPS) is 18.7. The maximum atomic E-state index is 12.7. The molecule has 0 unspecified atom stereocenters. The number of urea groups is 1. The molecule has 0 radical (unpaired) electrons. The van der Waals surface area contributed by atoms with E-state index in [-0.39, 0.29) is 11.9 Å². The van der Waals surface area contributed by atoms with Gasteiger partial charge >= 0.3 is 6.03 Å². The zero-order valence-electron chi connectivity index (χ0n) is 15.6. The van der Waals surface area contributed by atoms with Gasteiger partial charge in [-0.15, -0.1) is 0 Å². The lowest BCUT2D eigenvalue weighted by Gasteiger charge is -2.36. The first-order chi connectivity index (χ1) is 12.7. The summed E-state index contributed by atoms with van der Waals surface area (Å²) in [5.74, 6) is 1.02. The minimum absolute atomic E-state index is 0.0328. The Bertz CT molecular complexity index is 606. The Morgan fingerprint density at radius 2 is 1.62 bits per heavy atom. The molecule has 1 saturated heterocycles. The van der Waals surface area contributed by atoms with Gasteiger partial charge in [0.25, 0.3) is 5.91 Å². The molecule has 5 nitrogen and oxygen atoms in total. The Labute approximate surface area is 160 Å². The number of thioether (sulfide) groups is 1. The van der Waals surface area contributed by atoms with Crippen LogP contribution in [0.25, 0.3) is 0 Å². The quantitative estimate of drug-likeness (QED) is 0.878. The Morgan fingerprint density at radius 3 is 2.23 bits per heavy atom. The van der Waals surface area contributed by atoms with Crippen molar-refractivity contribution in [1.82, 2.24) is 15.1 Å². The van der Waals surface area contributed by atoms with Crippen LogP contribution in [0.1, 0.15) is 48.0 Å². The van der Waals surface area contributed by atoms with Crippen molar-refractivity contribution < 1.29 is 9.59 Å². The summed E-state index contributed by atoms with van der Waals surface area (Å²) in [5.41, 5.74) is 1.97. The van der Waals surface area contributed by atoms with Crippen LogP contribution >= 0.6 is 11.8 Å². The highest BCUT2D eigenvalue weighted by atomic mass is 32.2. The van der Waals surface area contributed by atoms with Crippen LogP contribution < -0.4 is 5.32 Å². The van der Waals surface area contributed by atoms with Crippen molar-refractivity contribution in [2.75, 3.05) is 32.4 Å². The number of rotatable bonds is 4. The van der Waals surface area contributed by atoms with E-state index in [4.69, 9.17) is 0 Å². The Morgan fingerprint density at radius 1 is 1.00 bits per heavy atom. The molecule has 1 aromatic rings. The van der Waals surface area contributed by atoms with Gasteiger partial charge in [-0.25, -0.2) is 4.79 Å². The van der Waals surface area contributed by atoms with Gasteiger partial charge in [0.1, 0.15) is 0 Å². The van der Waals surface area contributed by atoms with Crippen molar-refractivity contribution in [3.05, 3.63) is 35.4 Å². The van der Waals surface area contributed by atoms with Gasteiger partial charge in [0.15, 0.2) is 0 Å². The highest BCUT2D eigenvalue weighted by Gasteiger charge is 2.26. The summed E-state index contributed by atoms with van der Waals surface area (Å²) in [4.78, 5) is 28.8. The molecule has 142 valence electrons. The van der Waals surface area contributed by atoms with Crippen molar-refractivity contribution in [3.8, 4) is 0 Å². The van der Waals surface area contributed by atoms with E-state index in [9.17, 15) is 9.59 Å². The first-order valence-corrected chi connectivity index (χ1v) is 11.0. The van der Waals surface area contributed by atoms with Crippen molar-refractivity contribution in [2.45, 2.75) is 43.9 Å². The molecular formula is C20H29N3O2S. The van der Waals surface area contributed by atoms with Gasteiger partial charge in [-0.3, -0.25) is 4.79 Å². The van der Waals surface area contributed by atoms with Crippen LogP contribution in [0, 0.1) is 0 Å². The summed E-state index contributed by atoms with van der Waals surface area (Å²) < 4.78 is 0. The highest BCUT2D eigenvalue weighted by Crippen LogP contribution is 2.18. The predicted octanol–water partition coefficient (Wildman–Crippen LogP) is 3.35. The Kier molecular flexibility index (Phi) is 6.83. The van der Waals surface area contributed by atoms with E-state index in [0.29, 0.717) is 32.2 Å². The topological polar surface area (TPSA) is 52.7 Å². The molecule has 1 aliphatic carbocycles. The van der Waals surface area contributed by atoms with Crippen LogP contribution in [0.5, 0.6) is 0 Å². The third-order valence-electron chi connectivity index (χ3n) is 5.30. The second-order valence-corrected chi connectivity index (χ2v) is 8.06. The molecule has 1 heterocycles. The molecule has 3 rings (SSSR count). The minimum atomic E-state index is 0.0328. The third kappa shape index (κ3) is 4.93. The van der Waals surface area contributed by atoms with Crippen LogP contribution in [0.4, 0.5) is 4.79 Å². The number of amides is 3. The standard InChI is InChI=1S/C20H29N3O2S/c1-26-15-16-7-9-17(10-8-16)19(24)22-11-13-23(14-12-22)20(25)21-18-5-3-2-4-6-18/h7-10,18H,2-6,11-15H2,1H3,(H,21,25). The SMILES string of the molecule is CSCc1ccc(C(=O)N2CCN(C(=O)NC3CCCCC3)CC2)cc1. The van der Waals surface area contributed by atoms with Crippen LogP contribution in [-0.4, -0.2) is 60.2 Å². The smallest absolute Gasteiger partial charge is 0.317 e. The zero-order valence-corrected chi connectivity index (χ0v) is 16.4. The number of hydrogen-bond donors (Lipinski definition) is 1. The molecule has 0 spiro atoms. The largest absolute Gasteiger partial charge is 0.335 e. The molecule has 0 atom stereocenters. The monoisotopic (exact) mass is 375 g/mol. The molecule has 1 N–H and O–H groups in total. The summed E-state index contributed by atoms with van der Waals surface area (Å²) in [6.45, 7) is 2.41. The second-order valence-electron chi connectivity index (χ2n) is 7.19. The van der Waals surface area contributed by atoms with Crippen molar-refractivity contribution >= 4 is 23.7 Å². The summed E-state index contributed by atoms with van der Waals surface area (Å²) in [7, 11) is 0. The summed E-state index contributed by atoms with van der Waals surface area (Å²) >= 11 is 1.77. The van der Waals surface area contributed by atoms with E-state index in [2.05, 4.69) is 11.6 Å². The molecule has 0 bridgehead atoms. The molecule has 1 aliphatic heterocycles. The number of nitrogens with one attached hydrogen (secondary N) is 1. The van der Waals surface area contributed by atoms with Crippen molar-refractivity contribution in [2.24, 2.45) is 0 Å². The Balaban J connectivity index is 1.47. The second kappa shape index (κ2) is 9.31. The van der Waals surface area contributed by atoms with Crippen molar-refractivity contribution in [3.63, 3.8) is 0 Å². The van der Waals surface area contributed by atoms with Gasteiger partial charge in [0.05, 0.1) is 0 Å². The maximum absolute atomic E-state index is 12.7. The van der Waals surface area contributed by atoms with E-state index in [1.54, 1.807) is 11.8 Å². The molecule has 0 aromatic heterocycles. The van der Waals surface area contributed by atoms with Crippen LogP contribution in [0.15, 0.2) is 24.3 Å². The van der Waals surface area contributed by atoms with Crippen LogP contribution in [0.3, 0.4) is 0 Å². The first kappa shape index (κ1) is 19.1. The van der Waals surface area contributed by atoms with E-state index in [1.165, 1.54) is 24.8 Å². The fraction of sp³-hybridized carbons (Fsp3) is 0.600. The number of carbonyl (C=O) groups excluding carboxylic acids is 2. The Hall–Kier alpha value is -1.69. The number of benzene rings is 1. The van der Waals surface area contributed by atoms with Gasteiger partial charge in [-0.05, 0) is 36.8 Å². The molecule has 3 amide bonds. The fourth-order valence-corrected chi connectivity index (χ4v) is 4.24. The number of carbonyl (C=O) groups is 2. The summed E-state index contributed by atoms with van der Waals surface area (Å²) in [6.07, 6.45) is 7.97. The molecule has 2 fully saturated rings. The lowest BCUT2D eigenvalue weighted by Crippen LogP contribution is -2.54. The van der Waals surface area contributed by atoms with Gasteiger partial charge < -0.3 is 15.1 Å². The van der Waals surface area contributed by atoms with E-state index in [0.717, 1.165) is 24.2 Å². The van der Waals surface area contributed by atoms with E-state index < -0.39 is 0 Å². The molecule has 26 heavy (non-hydrogen) atoms. The van der Waals surface area contributed by atoms with E-state index >= 15 is 0 Å². The number of nitrogens with zero attached hydrogens (tertiary/aromatic N) is 2. The van der Waals surface area contributed by atoms with Gasteiger partial charge in [0.2, 0.25) is 0 Å². The van der Waals surface area contributed by atoms with Gasteiger partial charge in [-0.1, -0.05) is 31.4 Å². The predicted molar refractivity (Wildman–Crippen MR) is 107 cm³/mol. The number of piperazine rings is 1. The highest BCUT2D eigenvalue weighted by molar-refractivity contribution is 7.97. The van der Waals surface area contributed by atoms with Gasteiger partial charge in [-0.2, -0.15) is 11.8 Å². The number of hydrogen-bond acceptors (Lipinski definition) is 3. The summed E-state index contributed by atoms with van der Waals surface area (Å²) in [6, 6.07) is 8.24. The summed E-state index contributed by atoms with van der Waals surface area (Å²) in [5, 5.41) is 3.16. The lowest BCUT2D eigenvalue weighted by atomic mass is 9.96. The average molecular weight is 376 g/mol. The lowest BCUT2D eigenvalue weighted by molar-refractivity contribution is 0.0662. The first-order valence-electron chi connectivity index (χ1n) is 9.60. The molecular weight excluding hydrogens is 346 g/mol. The van der Waals surface area contributed by atoms with Crippen LogP contribution in [-0.2, 0) is 5.75 Å².